The number of hydrogen-bond donors (Lipinski definition) is 0. The molecule has 218 valence electrons. The van der Waals surface area contributed by atoms with E-state index in [0.29, 0.717) is 22.5 Å². The highest BCUT2D eigenvalue weighted by atomic mass is 32.2. The minimum atomic E-state index is -3.89. The van der Waals surface area contributed by atoms with Gasteiger partial charge in [0.1, 0.15) is 5.75 Å². The van der Waals surface area contributed by atoms with Crippen LogP contribution in [0.25, 0.3) is 10.2 Å². The molecule has 0 bridgehead atoms. The highest BCUT2D eigenvalue weighted by Gasteiger charge is 2.26. The number of ether oxygens (including phenoxy) is 1. The number of rotatable bonds is 10. The Morgan fingerprint density at radius 3 is 2.35 bits per heavy atom. The predicted octanol–water partition coefficient (Wildman–Crippen LogP) is 6.11. The van der Waals surface area contributed by atoms with Crippen LogP contribution in [0.3, 0.4) is 0 Å². The van der Waals surface area contributed by atoms with Gasteiger partial charge < -0.3 is 4.74 Å². The van der Waals surface area contributed by atoms with Gasteiger partial charge in [0.25, 0.3) is 21.6 Å². The first-order chi connectivity index (χ1) is 20.7. The minimum absolute atomic E-state index is 0.0303. The van der Waals surface area contributed by atoms with Crippen molar-refractivity contribution in [2.45, 2.75) is 11.8 Å². The van der Waals surface area contributed by atoms with E-state index in [1.54, 1.807) is 56.5 Å². The van der Waals surface area contributed by atoms with Gasteiger partial charge in [0, 0.05) is 24.2 Å². The van der Waals surface area contributed by atoms with Gasteiger partial charge in [-0.05, 0) is 79.2 Å². The van der Waals surface area contributed by atoms with Gasteiger partial charge in [0.05, 0.1) is 39.0 Å². The fourth-order valence-electron chi connectivity index (χ4n) is 4.21. The van der Waals surface area contributed by atoms with E-state index in [1.807, 2.05) is 6.07 Å². The summed E-state index contributed by atoms with van der Waals surface area (Å²) in [7, 11) is -2.34. The molecule has 5 rings (SSSR count). The maximum atomic E-state index is 13.8. The Bertz CT molecular complexity index is 1910. The lowest BCUT2D eigenvalue weighted by Gasteiger charge is -2.23. The molecule has 0 aliphatic rings. The number of nitrogens with zero attached hydrogens (tertiary/aromatic N) is 5. The number of nitro groups is 1. The van der Waals surface area contributed by atoms with Crippen LogP contribution in [0.4, 0.5) is 16.5 Å². The molecular formula is C30H25N5O6S2. The van der Waals surface area contributed by atoms with E-state index >= 15 is 0 Å². The van der Waals surface area contributed by atoms with Crippen molar-refractivity contribution < 1.29 is 22.9 Å². The van der Waals surface area contributed by atoms with Crippen molar-refractivity contribution in [1.82, 2.24) is 4.98 Å². The summed E-state index contributed by atoms with van der Waals surface area (Å²) in [5.74, 6) is 0.0759. The average Bonchev–Trinajstić information content (AvgIpc) is 3.45. The second-order valence-corrected chi connectivity index (χ2v) is 11.9. The van der Waals surface area contributed by atoms with Crippen LogP contribution < -0.4 is 14.1 Å². The van der Waals surface area contributed by atoms with Crippen molar-refractivity contribution in [3.63, 3.8) is 0 Å². The van der Waals surface area contributed by atoms with Crippen molar-refractivity contribution >= 4 is 60.2 Å². The molecule has 1 amide bonds. The number of benzene rings is 4. The summed E-state index contributed by atoms with van der Waals surface area (Å²) < 4.78 is 34.2. The molecule has 0 spiro atoms. The Morgan fingerprint density at radius 2 is 1.72 bits per heavy atom. The maximum absolute atomic E-state index is 13.8. The van der Waals surface area contributed by atoms with Crippen molar-refractivity contribution in [1.29, 1.82) is 0 Å². The van der Waals surface area contributed by atoms with E-state index in [9.17, 15) is 23.3 Å². The second kappa shape index (κ2) is 12.4. The number of fused-ring (bicyclic) bond motifs is 1. The van der Waals surface area contributed by atoms with Crippen LogP contribution in [0.15, 0.2) is 107 Å². The fourth-order valence-corrected chi connectivity index (χ4v) is 6.63. The van der Waals surface area contributed by atoms with E-state index in [2.05, 4.69) is 10.1 Å². The topological polar surface area (TPSA) is 135 Å². The van der Waals surface area contributed by atoms with Crippen LogP contribution in [0, 0.1) is 10.1 Å². The number of carbonyl (C=O) groups is 1. The summed E-state index contributed by atoms with van der Waals surface area (Å²) in [6, 6.07) is 25.4. The van der Waals surface area contributed by atoms with E-state index in [4.69, 9.17) is 4.74 Å². The number of hydrogen-bond acceptors (Lipinski definition) is 9. The standard InChI is InChI=1S/C30H25N5O6S2/c1-3-33(23-7-5-4-6-8-23)43(39,40)26-16-11-22(12-17-26)29(36)34(31-20-21-9-13-24(14-10-21)35(37)38)30-32-27-18-15-25(41-2)19-28(27)42-30/h4-20H,3H2,1-2H3/b31-20+. The smallest absolute Gasteiger partial charge is 0.280 e. The number of non-ortho nitro benzene ring substituents is 1. The summed E-state index contributed by atoms with van der Waals surface area (Å²) in [4.78, 5) is 28.9. The quantitative estimate of drug-likeness (QED) is 0.105. The van der Waals surface area contributed by atoms with Crippen LogP contribution in [-0.4, -0.2) is 44.1 Å². The molecule has 0 fully saturated rings. The molecule has 13 heteroatoms. The molecule has 0 aliphatic heterocycles. The molecular weight excluding hydrogens is 590 g/mol. The van der Waals surface area contributed by atoms with Crippen molar-refractivity contribution in [2.24, 2.45) is 5.10 Å². The Balaban J connectivity index is 1.49. The van der Waals surface area contributed by atoms with E-state index in [1.165, 1.54) is 70.4 Å². The molecule has 1 heterocycles. The minimum Gasteiger partial charge on any atom is -0.497 e. The maximum Gasteiger partial charge on any atom is 0.280 e. The molecule has 0 N–H and O–H groups in total. The highest BCUT2D eigenvalue weighted by Crippen LogP contribution is 2.33. The van der Waals surface area contributed by atoms with E-state index in [-0.39, 0.29) is 27.8 Å². The molecule has 0 saturated heterocycles. The first kappa shape index (κ1) is 29.4. The van der Waals surface area contributed by atoms with Gasteiger partial charge in [-0.3, -0.25) is 19.2 Å². The normalized spacial score (nSPS) is 11.5. The van der Waals surface area contributed by atoms with Crippen molar-refractivity contribution in [2.75, 3.05) is 23.0 Å². The number of para-hydroxylation sites is 1. The lowest BCUT2D eigenvalue weighted by Crippen LogP contribution is -2.31. The Labute approximate surface area is 251 Å². The number of amides is 1. The van der Waals surface area contributed by atoms with Gasteiger partial charge >= 0.3 is 0 Å². The first-order valence-corrected chi connectivity index (χ1v) is 15.2. The number of anilines is 2. The van der Waals surface area contributed by atoms with Crippen molar-refractivity contribution in [3.05, 3.63) is 118 Å². The number of hydrazone groups is 1. The molecule has 11 nitrogen and oxygen atoms in total. The van der Waals surface area contributed by atoms with Gasteiger partial charge in [0.15, 0.2) is 0 Å². The SMILES string of the molecule is CCN(c1ccccc1)S(=O)(=O)c1ccc(C(=O)N(/N=C/c2ccc([N+](=O)[O-])cc2)c2nc3ccc(OC)cc3s2)cc1. The third-order valence-corrected chi connectivity index (χ3v) is 9.32. The number of nitro benzene ring substituents is 1. The number of thiazole rings is 1. The number of carbonyl (C=O) groups excluding carboxylic acids is 1. The lowest BCUT2D eigenvalue weighted by atomic mass is 10.2. The predicted molar refractivity (Wildman–Crippen MR) is 167 cm³/mol. The molecule has 0 radical (unpaired) electrons. The lowest BCUT2D eigenvalue weighted by molar-refractivity contribution is -0.384. The zero-order valence-corrected chi connectivity index (χ0v) is 24.7. The van der Waals surface area contributed by atoms with Crippen LogP contribution in [0.1, 0.15) is 22.8 Å². The van der Waals surface area contributed by atoms with Gasteiger partial charge in [0.2, 0.25) is 5.13 Å². The molecule has 1 aromatic heterocycles. The fraction of sp³-hybridized carbons (Fsp3) is 0.100. The summed E-state index contributed by atoms with van der Waals surface area (Å²) in [6.07, 6.45) is 1.39. The van der Waals surface area contributed by atoms with Gasteiger partial charge in [-0.25, -0.2) is 13.4 Å². The van der Waals surface area contributed by atoms with Gasteiger partial charge in [-0.1, -0.05) is 29.5 Å². The molecule has 0 unspecified atom stereocenters. The zero-order valence-electron chi connectivity index (χ0n) is 23.0. The molecule has 0 saturated carbocycles. The van der Waals surface area contributed by atoms with Gasteiger partial charge in [-0.2, -0.15) is 10.1 Å². The number of sulfonamides is 1. The van der Waals surface area contributed by atoms with Gasteiger partial charge in [-0.15, -0.1) is 0 Å². The summed E-state index contributed by atoms with van der Waals surface area (Å²) in [5, 5.41) is 16.8. The van der Waals surface area contributed by atoms with Crippen LogP contribution in [0.5, 0.6) is 5.75 Å². The van der Waals surface area contributed by atoms with Crippen LogP contribution >= 0.6 is 11.3 Å². The monoisotopic (exact) mass is 615 g/mol. The summed E-state index contributed by atoms with van der Waals surface area (Å²) in [6.45, 7) is 1.97. The third kappa shape index (κ3) is 6.22. The molecule has 4 aromatic carbocycles. The highest BCUT2D eigenvalue weighted by molar-refractivity contribution is 7.92. The molecule has 43 heavy (non-hydrogen) atoms. The second-order valence-electron chi connectivity index (χ2n) is 9.07. The first-order valence-electron chi connectivity index (χ1n) is 13.0. The third-order valence-electron chi connectivity index (χ3n) is 6.40. The van der Waals surface area contributed by atoms with E-state index < -0.39 is 20.9 Å². The zero-order chi connectivity index (χ0) is 30.6. The molecule has 0 atom stereocenters. The molecule has 0 aliphatic carbocycles. The van der Waals surface area contributed by atoms with Crippen LogP contribution in [-0.2, 0) is 10.0 Å². The summed E-state index contributed by atoms with van der Waals surface area (Å²) >= 11 is 1.22. The summed E-state index contributed by atoms with van der Waals surface area (Å²) in [5.41, 5.74) is 1.79. The average molecular weight is 616 g/mol. The van der Waals surface area contributed by atoms with E-state index in [0.717, 1.165) is 9.71 Å². The molecule has 5 aromatic rings. The Morgan fingerprint density at radius 1 is 1.02 bits per heavy atom. The Hall–Kier alpha value is -5.14. The largest absolute Gasteiger partial charge is 0.497 e. The Kier molecular flexibility index (Phi) is 8.46. The number of aromatic nitrogens is 1. The number of methoxy groups -OCH3 is 1. The van der Waals surface area contributed by atoms with Crippen LogP contribution in [0.2, 0.25) is 0 Å². The van der Waals surface area contributed by atoms with Crippen molar-refractivity contribution in [3.8, 4) is 5.75 Å².